The molecule has 8 heteroatoms. The first kappa shape index (κ1) is 23.0. The highest BCUT2D eigenvalue weighted by atomic mass is 19.4. The Kier molecular flexibility index (Phi) is 8.72. The molecular weight excluding hydrogens is 390 g/mol. The van der Waals surface area contributed by atoms with E-state index in [0.29, 0.717) is 37.1 Å². The first-order valence-corrected chi connectivity index (χ1v) is 9.25. The summed E-state index contributed by atoms with van der Waals surface area (Å²) in [6.45, 7) is -0.0866. The van der Waals surface area contributed by atoms with Gasteiger partial charge in [0.25, 0.3) is 0 Å². The Hall–Kier alpha value is -2.32. The number of para-hydroxylation sites is 1. The van der Waals surface area contributed by atoms with E-state index in [1.165, 1.54) is 23.1 Å². The van der Waals surface area contributed by atoms with Gasteiger partial charge >= 0.3 is 6.36 Å². The highest BCUT2D eigenvalue weighted by molar-refractivity contribution is 5.35. The number of hydrogen-bond donors (Lipinski definition) is 1. The van der Waals surface area contributed by atoms with Gasteiger partial charge in [-0.05, 0) is 55.6 Å². The minimum absolute atomic E-state index is 0.0754. The minimum Gasteiger partial charge on any atom is -0.491 e. The van der Waals surface area contributed by atoms with Crippen LogP contribution in [0.25, 0.3) is 0 Å². The summed E-state index contributed by atoms with van der Waals surface area (Å²) in [5.74, 6) is 0.356. The lowest BCUT2D eigenvalue weighted by atomic mass is 10.0. The predicted molar refractivity (Wildman–Crippen MR) is 102 cm³/mol. The third-order valence-corrected chi connectivity index (χ3v) is 4.27. The summed E-state index contributed by atoms with van der Waals surface area (Å²) >= 11 is 0. The third-order valence-electron chi connectivity index (χ3n) is 4.27. The molecule has 0 radical (unpaired) electrons. The van der Waals surface area contributed by atoms with Gasteiger partial charge in [0.2, 0.25) is 0 Å². The van der Waals surface area contributed by atoms with Crippen molar-refractivity contribution in [2.45, 2.75) is 31.7 Å². The van der Waals surface area contributed by atoms with Crippen molar-refractivity contribution in [2.75, 3.05) is 27.0 Å². The number of aliphatic hydroxyl groups excluding tert-OH is 1. The van der Waals surface area contributed by atoms with Crippen LogP contribution in [-0.4, -0.2) is 49.5 Å². The largest absolute Gasteiger partial charge is 0.573 e. The zero-order chi connectivity index (χ0) is 21.3. The van der Waals surface area contributed by atoms with E-state index < -0.39 is 19.3 Å². The predicted octanol–water partition coefficient (Wildman–Crippen LogP) is 4.36. The van der Waals surface area contributed by atoms with Crippen molar-refractivity contribution < 1.29 is 32.1 Å². The highest BCUT2D eigenvalue weighted by Crippen LogP contribution is 2.25. The fourth-order valence-electron chi connectivity index (χ4n) is 2.73. The number of ether oxygens (including phenoxy) is 2. The molecule has 0 aromatic heterocycles. The van der Waals surface area contributed by atoms with Crippen molar-refractivity contribution in [3.8, 4) is 11.5 Å². The Labute approximate surface area is 167 Å². The van der Waals surface area contributed by atoms with Gasteiger partial charge in [0.05, 0.1) is 6.10 Å². The van der Waals surface area contributed by atoms with Gasteiger partial charge in [0.1, 0.15) is 24.9 Å². The second kappa shape index (κ2) is 11.0. The second-order valence-electron chi connectivity index (χ2n) is 6.76. The molecule has 0 bridgehead atoms. The van der Waals surface area contributed by atoms with E-state index in [1.54, 1.807) is 25.2 Å². The Balaban J connectivity index is 1.91. The summed E-state index contributed by atoms with van der Waals surface area (Å²) in [5.41, 5.74) is 1.58. The molecule has 1 atom stereocenters. The van der Waals surface area contributed by atoms with Crippen molar-refractivity contribution in [2.24, 2.45) is 0 Å². The number of halogens is 4. The highest BCUT2D eigenvalue weighted by Gasteiger charge is 2.31. The molecular formula is C21H25F4NO3. The fourth-order valence-corrected chi connectivity index (χ4v) is 2.73. The smallest absolute Gasteiger partial charge is 0.491 e. The maximum absolute atomic E-state index is 12.4. The van der Waals surface area contributed by atoms with Gasteiger partial charge in [-0.15, -0.1) is 13.2 Å². The van der Waals surface area contributed by atoms with Crippen molar-refractivity contribution in [3.63, 3.8) is 0 Å². The van der Waals surface area contributed by atoms with Crippen LogP contribution in [0.1, 0.15) is 17.5 Å². The molecule has 0 unspecified atom stereocenters. The molecule has 0 saturated carbocycles. The first-order chi connectivity index (χ1) is 13.8. The summed E-state index contributed by atoms with van der Waals surface area (Å²) < 4.78 is 59.2. The lowest BCUT2D eigenvalue weighted by Gasteiger charge is -2.17. The van der Waals surface area contributed by atoms with E-state index in [0.717, 1.165) is 5.56 Å². The Morgan fingerprint density at radius 1 is 1.07 bits per heavy atom. The molecule has 4 nitrogen and oxygen atoms in total. The van der Waals surface area contributed by atoms with Crippen LogP contribution in [-0.2, 0) is 12.8 Å². The molecule has 0 saturated heterocycles. The molecule has 2 aromatic carbocycles. The Bertz CT molecular complexity index is 755. The van der Waals surface area contributed by atoms with Gasteiger partial charge in [-0.2, -0.15) is 0 Å². The molecule has 2 aromatic rings. The van der Waals surface area contributed by atoms with Crippen LogP contribution in [0.15, 0.2) is 48.5 Å². The topological polar surface area (TPSA) is 41.9 Å². The lowest BCUT2D eigenvalue weighted by Crippen LogP contribution is -2.26. The fraction of sp³-hybridized carbons (Fsp3) is 0.429. The monoisotopic (exact) mass is 415 g/mol. The molecule has 0 fully saturated rings. The average molecular weight is 415 g/mol. The standard InChI is InChI=1S/C21H25F4NO3/c1-26(15-22)12-11-18(27)14-28-20-8-3-2-6-17(20)10-9-16-5-4-7-19(13-16)29-21(23,24)25/h2-8,13,18,27H,9-12,14-15H2,1H3/t18-/m1/s1. The van der Waals surface area contributed by atoms with Gasteiger partial charge in [-0.25, -0.2) is 4.39 Å². The number of aliphatic hydroxyl groups is 1. The summed E-state index contributed by atoms with van der Waals surface area (Å²) in [5, 5.41) is 10.00. The van der Waals surface area contributed by atoms with E-state index in [9.17, 15) is 22.7 Å². The molecule has 2 rings (SSSR count). The molecule has 29 heavy (non-hydrogen) atoms. The van der Waals surface area contributed by atoms with E-state index in [2.05, 4.69) is 4.74 Å². The molecule has 1 N–H and O–H groups in total. The summed E-state index contributed by atoms with van der Waals surface area (Å²) in [7, 11) is 1.62. The number of aryl methyl sites for hydroxylation is 2. The SMILES string of the molecule is CN(CF)CC[C@@H](O)COc1ccccc1CCc1cccc(OC(F)(F)F)c1. The van der Waals surface area contributed by atoms with Crippen LogP contribution in [0.2, 0.25) is 0 Å². The van der Waals surface area contributed by atoms with Gasteiger partial charge in [-0.3, -0.25) is 4.90 Å². The maximum atomic E-state index is 12.4. The Morgan fingerprint density at radius 2 is 1.83 bits per heavy atom. The van der Waals surface area contributed by atoms with Gasteiger partial charge in [0.15, 0.2) is 0 Å². The number of alkyl halides is 4. The minimum atomic E-state index is -4.72. The zero-order valence-electron chi connectivity index (χ0n) is 16.2. The molecule has 0 aliphatic rings. The number of hydrogen-bond acceptors (Lipinski definition) is 4. The summed E-state index contributed by atoms with van der Waals surface area (Å²) in [6.07, 6.45) is -4.02. The average Bonchev–Trinajstić information content (AvgIpc) is 2.68. The molecule has 0 aliphatic heterocycles. The van der Waals surface area contributed by atoms with E-state index in [-0.39, 0.29) is 12.4 Å². The zero-order valence-corrected chi connectivity index (χ0v) is 16.2. The third kappa shape index (κ3) is 8.70. The van der Waals surface area contributed by atoms with Crippen molar-refractivity contribution in [1.82, 2.24) is 4.90 Å². The van der Waals surface area contributed by atoms with Crippen LogP contribution in [0, 0.1) is 0 Å². The van der Waals surface area contributed by atoms with E-state index >= 15 is 0 Å². The maximum Gasteiger partial charge on any atom is 0.573 e. The summed E-state index contributed by atoms with van der Waals surface area (Å²) in [4.78, 5) is 1.45. The number of rotatable bonds is 11. The van der Waals surface area contributed by atoms with Crippen LogP contribution < -0.4 is 9.47 Å². The summed E-state index contributed by atoms with van der Waals surface area (Å²) in [6, 6.07) is 13.2. The van der Waals surface area contributed by atoms with Crippen molar-refractivity contribution in [3.05, 3.63) is 59.7 Å². The van der Waals surface area contributed by atoms with Crippen LogP contribution >= 0.6 is 0 Å². The van der Waals surface area contributed by atoms with E-state index in [1.807, 2.05) is 12.1 Å². The van der Waals surface area contributed by atoms with Crippen LogP contribution in [0.4, 0.5) is 17.6 Å². The van der Waals surface area contributed by atoms with Crippen molar-refractivity contribution >= 4 is 0 Å². The molecule has 0 heterocycles. The van der Waals surface area contributed by atoms with Gasteiger partial charge in [0, 0.05) is 6.54 Å². The molecule has 0 aliphatic carbocycles. The van der Waals surface area contributed by atoms with Crippen molar-refractivity contribution in [1.29, 1.82) is 0 Å². The number of benzene rings is 2. The lowest BCUT2D eigenvalue weighted by molar-refractivity contribution is -0.274. The Morgan fingerprint density at radius 3 is 2.55 bits per heavy atom. The number of nitrogens with zero attached hydrogens (tertiary/aromatic N) is 1. The molecule has 0 amide bonds. The van der Waals surface area contributed by atoms with Crippen LogP contribution in [0.3, 0.4) is 0 Å². The van der Waals surface area contributed by atoms with E-state index in [4.69, 9.17) is 4.74 Å². The first-order valence-electron chi connectivity index (χ1n) is 9.25. The van der Waals surface area contributed by atoms with Gasteiger partial charge in [-0.1, -0.05) is 30.3 Å². The molecule has 160 valence electrons. The normalized spacial score (nSPS) is 12.8. The van der Waals surface area contributed by atoms with Crippen LogP contribution in [0.5, 0.6) is 11.5 Å². The second-order valence-corrected chi connectivity index (χ2v) is 6.76. The quantitative estimate of drug-likeness (QED) is 0.438. The molecule has 0 spiro atoms. The van der Waals surface area contributed by atoms with Gasteiger partial charge < -0.3 is 14.6 Å².